The average Bonchev–Trinajstić information content (AvgIpc) is 2.44. The SMILES string of the molecule is CCC(c1ccc(Br)c(Br)c1Br)[Si](OC)(OC)OC. The van der Waals surface area contributed by atoms with E-state index in [2.05, 4.69) is 60.8 Å². The van der Waals surface area contributed by atoms with Crippen LogP contribution >= 0.6 is 47.8 Å². The van der Waals surface area contributed by atoms with Gasteiger partial charge in [0.25, 0.3) is 0 Å². The van der Waals surface area contributed by atoms with Gasteiger partial charge in [0.15, 0.2) is 0 Å². The third kappa shape index (κ3) is 3.51. The van der Waals surface area contributed by atoms with Gasteiger partial charge < -0.3 is 13.3 Å². The smallest absolute Gasteiger partial charge is 0.376 e. The molecule has 0 radical (unpaired) electrons. The van der Waals surface area contributed by atoms with Gasteiger partial charge in [-0.3, -0.25) is 0 Å². The molecule has 0 saturated heterocycles. The molecular formula is C12H17Br3O3Si. The lowest BCUT2D eigenvalue weighted by Crippen LogP contribution is -2.49. The maximum absolute atomic E-state index is 5.62. The molecule has 0 aromatic heterocycles. The highest BCUT2D eigenvalue weighted by atomic mass is 79.9. The molecule has 1 aromatic carbocycles. The second-order valence-electron chi connectivity index (χ2n) is 3.94. The van der Waals surface area contributed by atoms with Crippen LogP contribution in [0, 0.1) is 0 Å². The van der Waals surface area contributed by atoms with Crippen molar-refractivity contribution in [2.45, 2.75) is 18.9 Å². The summed E-state index contributed by atoms with van der Waals surface area (Å²) in [5, 5.41) is 0. The van der Waals surface area contributed by atoms with Crippen LogP contribution in [0.4, 0.5) is 0 Å². The third-order valence-corrected chi connectivity index (χ3v) is 9.81. The molecule has 0 aliphatic heterocycles. The van der Waals surface area contributed by atoms with E-state index in [-0.39, 0.29) is 5.54 Å². The molecule has 0 spiro atoms. The Kier molecular flexibility index (Phi) is 7.19. The number of halogens is 3. The van der Waals surface area contributed by atoms with Crippen molar-refractivity contribution in [2.75, 3.05) is 21.3 Å². The fourth-order valence-electron chi connectivity index (χ4n) is 2.15. The van der Waals surface area contributed by atoms with E-state index in [1.165, 1.54) is 0 Å². The fourth-order valence-corrected chi connectivity index (χ4v) is 6.41. The van der Waals surface area contributed by atoms with Gasteiger partial charge in [-0.2, -0.15) is 0 Å². The van der Waals surface area contributed by atoms with E-state index < -0.39 is 8.80 Å². The van der Waals surface area contributed by atoms with Gasteiger partial charge in [0, 0.05) is 34.7 Å². The number of rotatable bonds is 6. The average molecular weight is 477 g/mol. The van der Waals surface area contributed by atoms with Crippen LogP contribution in [-0.4, -0.2) is 30.1 Å². The summed E-state index contributed by atoms with van der Waals surface area (Å²) in [5.74, 6) is 0. The molecule has 7 heteroatoms. The Morgan fingerprint density at radius 2 is 1.53 bits per heavy atom. The Labute approximate surface area is 140 Å². The monoisotopic (exact) mass is 474 g/mol. The molecular weight excluding hydrogens is 460 g/mol. The summed E-state index contributed by atoms with van der Waals surface area (Å²) in [4.78, 5) is 0. The summed E-state index contributed by atoms with van der Waals surface area (Å²) in [7, 11) is 2.20. The highest BCUT2D eigenvalue weighted by Gasteiger charge is 2.48. The highest BCUT2D eigenvalue weighted by molar-refractivity contribution is 9.14. The molecule has 0 N–H and O–H groups in total. The fraction of sp³-hybridized carbons (Fsp3) is 0.500. The van der Waals surface area contributed by atoms with Crippen molar-refractivity contribution < 1.29 is 13.3 Å². The van der Waals surface area contributed by atoms with E-state index in [0.717, 1.165) is 25.4 Å². The Morgan fingerprint density at radius 3 is 1.95 bits per heavy atom. The van der Waals surface area contributed by atoms with E-state index >= 15 is 0 Å². The van der Waals surface area contributed by atoms with Crippen LogP contribution in [0.25, 0.3) is 0 Å². The molecule has 0 fully saturated rings. The first kappa shape index (κ1) is 17.8. The molecule has 3 nitrogen and oxygen atoms in total. The maximum atomic E-state index is 5.62. The van der Waals surface area contributed by atoms with E-state index in [9.17, 15) is 0 Å². The lowest BCUT2D eigenvalue weighted by Gasteiger charge is -2.32. The van der Waals surface area contributed by atoms with Crippen molar-refractivity contribution in [1.29, 1.82) is 0 Å². The molecule has 0 saturated carbocycles. The first-order chi connectivity index (χ1) is 8.97. The van der Waals surface area contributed by atoms with Crippen LogP contribution in [0.5, 0.6) is 0 Å². The van der Waals surface area contributed by atoms with E-state index in [1.807, 2.05) is 6.07 Å². The minimum atomic E-state index is -2.73. The second kappa shape index (κ2) is 7.68. The Hall–Kier alpha value is 0.757. The van der Waals surface area contributed by atoms with Gasteiger partial charge in [0.2, 0.25) is 0 Å². The van der Waals surface area contributed by atoms with Crippen LogP contribution in [0.3, 0.4) is 0 Å². The zero-order valence-corrected chi connectivity index (χ0v) is 17.1. The summed E-state index contributed by atoms with van der Waals surface area (Å²) >= 11 is 10.7. The molecule has 0 heterocycles. The molecule has 0 amide bonds. The largest absolute Gasteiger partial charge is 0.508 e. The number of hydrogen-bond donors (Lipinski definition) is 0. The van der Waals surface area contributed by atoms with Gasteiger partial charge in [-0.1, -0.05) is 13.0 Å². The molecule has 19 heavy (non-hydrogen) atoms. The zero-order valence-electron chi connectivity index (χ0n) is 11.3. The van der Waals surface area contributed by atoms with E-state index in [1.54, 1.807) is 21.3 Å². The normalized spacial score (nSPS) is 13.6. The molecule has 0 bridgehead atoms. The van der Waals surface area contributed by atoms with Gasteiger partial charge in [0.1, 0.15) is 0 Å². The van der Waals surface area contributed by atoms with E-state index in [0.29, 0.717) is 0 Å². The maximum Gasteiger partial charge on any atom is 0.508 e. The zero-order chi connectivity index (χ0) is 14.6. The molecule has 1 rings (SSSR count). The van der Waals surface area contributed by atoms with Crippen molar-refractivity contribution in [1.82, 2.24) is 0 Å². The van der Waals surface area contributed by atoms with Gasteiger partial charge in [0.05, 0.1) is 5.54 Å². The molecule has 0 aliphatic rings. The first-order valence-electron chi connectivity index (χ1n) is 5.76. The van der Waals surface area contributed by atoms with Gasteiger partial charge in [-0.25, -0.2) is 0 Å². The summed E-state index contributed by atoms with van der Waals surface area (Å²) in [5.41, 5.74) is 1.20. The van der Waals surface area contributed by atoms with Crippen LogP contribution in [-0.2, 0) is 13.3 Å². The van der Waals surface area contributed by atoms with Crippen molar-refractivity contribution in [3.63, 3.8) is 0 Å². The van der Waals surface area contributed by atoms with Crippen molar-refractivity contribution in [2.24, 2.45) is 0 Å². The Balaban J connectivity index is 3.35. The molecule has 1 aromatic rings. The van der Waals surface area contributed by atoms with Crippen LogP contribution in [0.2, 0.25) is 0 Å². The molecule has 1 atom stereocenters. The predicted molar refractivity (Wildman–Crippen MR) is 89.4 cm³/mol. The number of benzene rings is 1. The minimum absolute atomic E-state index is 0.0753. The predicted octanol–water partition coefficient (Wildman–Crippen LogP) is 4.89. The van der Waals surface area contributed by atoms with Crippen LogP contribution < -0.4 is 0 Å². The standard InChI is InChI=1S/C12H17Br3O3Si/c1-5-10(19(16-2,17-3)18-4)8-6-7-9(13)12(15)11(8)14/h6-7,10H,5H2,1-4H3. The lowest BCUT2D eigenvalue weighted by molar-refractivity contribution is 0.111. The summed E-state index contributed by atoms with van der Waals surface area (Å²) in [6.45, 7) is 2.10. The third-order valence-electron chi connectivity index (χ3n) is 3.13. The van der Waals surface area contributed by atoms with Gasteiger partial charge >= 0.3 is 8.80 Å². The lowest BCUT2D eigenvalue weighted by atomic mass is 10.1. The molecule has 108 valence electrons. The Bertz CT molecular complexity index is 430. The number of hydrogen-bond acceptors (Lipinski definition) is 3. The summed E-state index contributed by atoms with van der Waals surface area (Å²) < 4.78 is 19.8. The summed E-state index contributed by atoms with van der Waals surface area (Å²) in [6, 6.07) is 4.07. The first-order valence-corrected chi connectivity index (χ1v) is 9.94. The molecule has 1 unspecified atom stereocenters. The molecule has 0 aliphatic carbocycles. The topological polar surface area (TPSA) is 27.7 Å². The van der Waals surface area contributed by atoms with Gasteiger partial charge in [-0.05, 0) is 65.8 Å². The summed E-state index contributed by atoms with van der Waals surface area (Å²) in [6.07, 6.45) is 0.869. The van der Waals surface area contributed by atoms with Crippen molar-refractivity contribution in [3.05, 3.63) is 31.1 Å². The van der Waals surface area contributed by atoms with Crippen molar-refractivity contribution >= 4 is 56.6 Å². The second-order valence-corrected chi connectivity index (χ2v) is 9.51. The quantitative estimate of drug-likeness (QED) is 0.432. The van der Waals surface area contributed by atoms with Crippen molar-refractivity contribution in [3.8, 4) is 0 Å². The van der Waals surface area contributed by atoms with Crippen LogP contribution in [0.1, 0.15) is 24.4 Å². The minimum Gasteiger partial charge on any atom is -0.376 e. The van der Waals surface area contributed by atoms with Gasteiger partial charge in [-0.15, -0.1) is 0 Å². The van der Waals surface area contributed by atoms with E-state index in [4.69, 9.17) is 13.3 Å². The van der Waals surface area contributed by atoms with Crippen LogP contribution in [0.15, 0.2) is 25.6 Å². The highest BCUT2D eigenvalue weighted by Crippen LogP contribution is 2.41. The Morgan fingerprint density at radius 1 is 1.00 bits per heavy atom.